The van der Waals surface area contributed by atoms with Gasteiger partial charge < -0.3 is 19.3 Å². The third kappa shape index (κ3) is 4.98. The molecule has 2 unspecified atom stereocenters. The average molecular weight is 396 g/mol. The summed E-state index contributed by atoms with van der Waals surface area (Å²) < 4.78 is 35.7. The van der Waals surface area contributed by atoms with Crippen molar-refractivity contribution in [3.8, 4) is 0 Å². The Morgan fingerprint density at radius 1 is 1.21 bits per heavy atom. The number of nitrogens with zero attached hydrogens (tertiary/aromatic N) is 2. The van der Waals surface area contributed by atoms with Crippen molar-refractivity contribution in [2.75, 3.05) is 46.5 Å². The lowest BCUT2D eigenvalue weighted by atomic mass is 9.84. The molecule has 0 aromatic heterocycles. The average Bonchev–Trinajstić information content (AvgIpc) is 2.72. The second-order valence-electron chi connectivity index (χ2n) is 7.28. The van der Waals surface area contributed by atoms with Crippen molar-refractivity contribution in [2.24, 2.45) is 5.92 Å². The van der Waals surface area contributed by atoms with E-state index < -0.39 is 12.3 Å². The van der Waals surface area contributed by atoms with Gasteiger partial charge in [-0.1, -0.05) is 24.3 Å². The van der Waals surface area contributed by atoms with Crippen molar-refractivity contribution in [3.63, 3.8) is 0 Å². The van der Waals surface area contributed by atoms with Crippen molar-refractivity contribution in [1.82, 2.24) is 9.80 Å². The highest BCUT2D eigenvalue weighted by Crippen LogP contribution is 2.32. The number of rotatable bonds is 4. The number of methoxy groups -OCH3 is 1. The van der Waals surface area contributed by atoms with Crippen LogP contribution < -0.4 is 0 Å². The number of carbonyl (C=O) groups is 2. The maximum absolute atomic E-state index is 12.9. The molecule has 8 heteroatoms. The number of urea groups is 1. The summed E-state index contributed by atoms with van der Waals surface area (Å²) in [4.78, 5) is 28.6. The molecule has 3 rings (SSSR count). The molecule has 2 aliphatic rings. The zero-order valence-corrected chi connectivity index (χ0v) is 16.0. The number of ether oxygens (including phenoxy) is 2. The van der Waals surface area contributed by atoms with Crippen LogP contribution in [0.2, 0.25) is 0 Å². The fourth-order valence-electron chi connectivity index (χ4n) is 3.94. The van der Waals surface area contributed by atoms with Crippen LogP contribution in [0.25, 0.3) is 0 Å². The van der Waals surface area contributed by atoms with E-state index in [0.29, 0.717) is 51.4 Å². The number of esters is 1. The molecular weight excluding hydrogens is 370 g/mol. The quantitative estimate of drug-likeness (QED) is 0.734. The Bertz CT molecular complexity index is 695. The van der Waals surface area contributed by atoms with Crippen molar-refractivity contribution in [3.05, 3.63) is 35.4 Å². The molecular formula is C20H26F2N2O4. The number of carbonyl (C=O) groups excluding carboxylic acids is 2. The molecule has 2 aliphatic heterocycles. The van der Waals surface area contributed by atoms with E-state index in [0.717, 1.165) is 5.56 Å². The Kier molecular flexibility index (Phi) is 6.83. The summed E-state index contributed by atoms with van der Waals surface area (Å²) in [5.41, 5.74) is 1.42. The molecule has 2 heterocycles. The summed E-state index contributed by atoms with van der Waals surface area (Å²) in [7, 11) is 1.34. The molecule has 0 saturated carbocycles. The van der Waals surface area contributed by atoms with E-state index in [1.165, 1.54) is 7.11 Å². The summed E-state index contributed by atoms with van der Waals surface area (Å²) in [5, 5.41) is 0. The number of halogens is 2. The fourth-order valence-corrected chi connectivity index (χ4v) is 3.94. The van der Waals surface area contributed by atoms with E-state index in [-0.39, 0.29) is 24.3 Å². The van der Waals surface area contributed by atoms with E-state index >= 15 is 0 Å². The molecule has 2 saturated heterocycles. The Labute approximate surface area is 163 Å². The number of likely N-dealkylation sites (tertiary alicyclic amines) is 1. The highest BCUT2D eigenvalue weighted by molar-refractivity contribution is 5.77. The molecule has 154 valence electrons. The van der Waals surface area contributed by atoms with Gasteiger partial charge in [0.05, 0.1) is 26.2 Å². The molecule has 0 radical (unpaired) electrons. The third-order valence-corrected chi connectivity index (χ3v) is 5.35. The Morgan fingerprint density at radius 2 is 1.96 bits per heavy atom. The van der Waals surface area contributed by atoms with Crippen molar-refractivity contribution in [1.29, 1.82) is 0 Å². The van der Waals surface area contributed by atoms with Crippen LogP contribution in [0, 0.1) is 5.92 Å². The van der Waals surface area contributed by atoms with Gasteiger partial charge in [-0.3, -0.25) is 4.79 Å². The maximum Gasteiger partial charge on any atom is 0.320 e. The van der Waals surface area contributed by atoms with Crippen LogP contribution in [-0.2, 0) is 20.7 Å². The number of piperidine rings is 1. The predicted octanol–water partition coefficient (Wildman–Crippen LogP) is 2.52. The van der Waals surface area contributed by atoms with E-state index in [1.54, 1.807) is 28.0 Å². The second kappa shape index (κ2) is 9.32. The number of hydrogen-bond donors (Lipinski definition) is 0. The first kappa shape index (κ1) is 20.5. The molecule has 28 heavy (non-hydrogen) atoms. The third-order valence-electron chi connectivity index (χ3n) is 5.35. The minimum Gasteiger partial charge on any atom is -0.469 e. The van der Waals surface area contributed by atoms with Gasteiger partial charge in [0.25, 0.3) is 0 Å². The summed E-state index contributed by atoms with van der Waals surface area (Å²) >= 11 is 0. The van der Waals surface area contributed by atoms with Gasteiger partial charge in [-0.05, 0) is 17.5 Å². The minimum absolute atomic E-state index is 0.111. The van der Waals surface area contributed by atoms with E-state index in [4.69, 9.17) is 9.47 Å². The van der Waals surface area contributed by atoms with Gasteiger partial charge in [0.2, 0.25) is 6.43 Å². The summed E-state index contributed by atoms with van der Waals surface area (Å²) in [6.45, 7) is 2.79. The van der Waals surface area contributed by atoms with Gasteiger partial charge in [-0.25, -0.2) is 13.6 Å². The number of alkyl halides is 2. The molecule has 0 spiro atoms. The van der Waals surface area contributed by atoms with E-state index in [2.05, 4.69) is 0 Å². The molecule has 0 aliphatic carbocycles. The van der Waals surface area contributed by atoms with E-state index in [9.17, 15) is 18.4 Å². The fraction of sp³-hybridized carbons (Fsp3) is 0.600. The standard InChI is InChI=1S/C20H26F2N2O4/c1-27-19(25)17-11-16(15-4-2-3-14(9-15)10-18(21)22)12-24(13-17)20(26)23-5-7-28-8-6-23/h2-4,9,16-18H,5-8,10-13H2,1H3. The normalized spacial score (nSPS) is 23.0. The molecule has 0 N–H and O–H groups in total. The van der Waals surface area contributed by atoms with Crippen LogP contribution in [0.1, 0.15) is 23.5 Å². The van der Waals surface area contributed by atoms with Crippen molar-refractivity contribution in [2.45, 2.75) is 25.2 Å². The zero-order chi connectivity index (χ0) is 20.1. The molecule has 2 fully saturated rings. The van der Waals surface area contributed by atoms with Crippen LogP contribution >= 0.6 is 0 Å². The van der Waals surface area contributed by atoms with Crippen LogP contribution in [0.4, 0.5) is 13.6 Å². The smallest absolute Gasteiger partial charge is 0.320 e. The lowest BCUT2D eigenvalue weighted by Gasteiger charge is -2.40. The summed E-state index contributed by atoms with van der Waals surface area (Å²) in [6, 6.07) is 6.94. The Morgan fingerprint density at radius 3 is 2.64 bits per heavy atom. The summed E-state index contributed by atoms with van der Waals surface area (Å²) in [5.74, 6) is -0.902. The van der Waals surface area contributed by atoms with Crippen molar-refractivity contribution < 1.29 is 27.8 Å². The van der Waals surface area contributed by atoms with Gasteiger partial charge >= 0.3 is 12.0 Å². The largest absolute Gasteiger partial charge is 0.469 e. The van der Waals surface area contributed by atoms with E-state index in [1.807, 2.05) is 6.07 Å². The second-order valence-corrected chi connectivity index (χ2v) is 7.28. The predicted molar refractivity (Wildman–Crippen MR) is 98.4 cm³/mol. The van der Waals surface area contributed by atoms with Gasteiger partial charge in [-0.2, -0.15) is 0 Å². The Balaban J connectivity index is 1.79. The lowest BCUT2D eigenvalue weighted by Crippen LogP contribution is -2.53. The molecule has 1 aromatic rings. The number of amides is 2. The lowest BCUT2D eigenvalue weighted by molar-refractivity contribution is -0.147. The minimum atomic E-state index is -2.41. The van der Waals surface area contributed by atoms with Gasteiger partial charge in [0, 0.05) is 38.5 Å². The molecule has 1 aromatic carbocycles. The van der Waals surface area contributed by atoms with Crippen LogP contribution in [0.15, 0.2) is 24.3 Å². The SMILES string of the molecule is COC(=O)C1CC(c2cccc(CC(F)F)c2)CN(C(=O)N2CCOCC2)C1. The topological polar surface area (TPSA) is 59.1 Å². The summed E-state index contributed by atoms with van der Waals surface area (Å²) in [6.07, 6.45) is -2.20. The number of morpholine rings is 1. The monoisotopic (exact) mass is 396 g/mol. The van der Waals surface area contributed by atoms with Crippen LogP contribution in [0.3, 0.4) is 0 Å². The van der Waals surface area contributed by atoms with Gasteiger partial charge in [0.1, 0.15) is 0 Å². The highest BCUT2D eigenvalue weighted by atomic mass is 19.3. The van der Waals surface area contributed by atoms with Crippen molar-refractivity contribution >= 4 is 12.0 Å². The number of hydrogen-bond acceptors (Lipinski definition) is 4. The zero-order valence-electron chi connectivity index (χ0n) is 16.0. The first-order valence-corrected chi connectivity index (χ1v) is 9.54. The first-order chi connectivity index (χ1) is 13.5. The van der Waals surface area contributed by atoms with Gasteiger partial charge in [-0.15, -0.1) is 0 Å². The molecule has 6 nitrogen and oxygen atoms in total. The number of benzene rings is 1. The molecule has 0 bridgehead atoms. The Hall–Kier alpha value is -2.22. The molecule has 2 atom stereocenters. The van der Waals surface area contributed by atoms with Gasteiger partial charge in [0.15, 0.2) is 0 Å². The first-order valence-electron chi connectivity index (χ1n) is 9.54. The highest BCUT2D eigenvalue weighted by Gasteiger charge is 2.37. The molecule has 2 amide bonds. The maximum atomic E-state index is 12.9. The van der Waals surface area contributed by atoms with Crippen LogP contribution in [-0.4, -0.2) is 74.7 Å². The van der Waals surface area contributed by atoms with Crippen LogP contribution in [0.5, 0.6) is 0 Å².